The van der Waals surface area contributed by atoms with Crippen molar-refractivity contribution < 1.29 is 13.2 Å². The van der Waals surface area contributed by atoms with E-state index in [9.17, 15) is 13.2 Å². The summed E-state index contributed by atoms with van der Waals surface area (Å²) in [5.74, 6) is 2.44. The fourth-order valence-electron chi connectivity index (χ4n) is 3.25. The van der Waals surface area contributed by atoms with E-state index in [4.69, 9.17) is 0 Å². The predicted molar refractivity (Wildman–Crippen MR) is 71.4 cm³/mol. The average molecular weight is 284 g/mol. The summed E-state index contributed by atoms with van der Waals surface area (Å²) in [4.78, 5) is 0. The lowest BCUT2D eigenvalue weighted by Crippen LogP contribution is -2.25. The number of alkyl halides is 3. The fraction of sp³-hybridized carbons (Fsp3) is 0.600. The first-order valence-electron chi connectivity index (χ1n) is 7.13. The Hall–Kier alpha value is -1.07. The lowest BCUT2D eigenvalue weighted by Gasteiger charge is -2.10. The van der Waals surface area contributed by atoms with Crippen LogP contribution in [0.1, 0.15) is 11.1 Å². The zero-order valence-corrected chi connectivity index (χ0v) is 11.2. The van der Waals surface area contributed by atoms with Crippen molar-refractivity contribution in [3.8, 4) is 0 Å². The topological polar surface area (TPSA) is 24.1 Å². The maximum Gasteiger partial charge on any atom is 0.416 e. The normalized spacial score (nSPS) is 28.4. The molecule has 2 unspecified atom stereocenters. The molecule has 2 N–H and O–H groups in total. The zero-order chi connectivity index (χ0) is 14.2. The van der Waals surface area contributed by atoms with Crippen LogP contribution in [0.15, 0.2) is 24.3 Å². The number of rotatable bonds is 5. The van der Waals surface area contributed by atoms with Gasteiger partial charge in [0.2, 0.25) is 0 Å². The van der Waals surface area contributed by atoms with Crippen LogP contribution < -0.4 is 10.6 Å². The summed E-state index contributed by atoms with van der Waals surface area (Å²) in [6.07, 6.45) is -3.61. The van der Waals surface area contributed by atoms with Gasteiger partial charge in [0.15, 0.2) is 0 Å². The van der Waals surface area contributed by atoms with E-state index < -0.39 is 11.7 Å². The van der Waals surface area contributed by atoms with Gasteiger partial charge >= 0.3 is 6.18 Å². The first kappa shape index (κ1) is 13.9. The summed E-state index contributed by atoms with van der Waals surface area (Å²) in [5.41, 5.74) is 0.183. The second kappa shape index (κ2) is 5.37. The van der Waals surface area contributed by atoms with E-state index >= 15 is 0 Å². The molecular formula is C15H19F3N2. The van der Waals surface area contributed by atoms with Gasteiger partial charge in [-0.3, -0.25) is 0 Å². The van der Waals surface area contributed by atoms with Crippen LogP contribution in [0, 0.1) is 17.8 Å². The summed E-state index contributed by atoms with van der Waals surface area (Å²) >= 11 is 0. The molecule has 0 aromatic heterocycles. The number of hydrogen-bond acceptors (Lipinski definition) is 2. The molecule has 1 aromatic carbocycles. The molecule has 2 fully saturated rings. The van der Waals surface area contributed by atoms with Gasteiger partial charge in [0.1, 0.15) is 0 Å². The van der Waals surface area contributed by atoms with Gasteiger partial charge in [-0.2, -0.15) is 13.2 Å². The van der Waals surface area contributed by atoms with E-state index in [1.165, 1.54) is 12.1 Å². The molecule has 2 aliphatic rings. The van der Waals surface area contributed by atoms with Crippen LogP contribution in [0.3, 0.4) is 0 Å². The highest BCUT2D eigenvalue weighted by Gasteiger charge is 2.51. The molecule has 0 amide bonds. The Bertz CT molecular complexity index is 462. The molecule has 0 radical (unpaired) electrons. The quantitative estimate of drug-likeness (QED) is 0.811. The average Bonchev–Trinajstić information content (AvgIpc) is 2.84. The standard InChI is InChI=1S/C15H19F3N2/c16-15(17,18)11-3-1-2-10(6-11)4-5-19-7-12-13-8-20-9-14(12)13/h1-3,6,12-14,19-20H,4-5,7-9H2. The molecule has 1 saturated heterocycles. The molecule has 1 saturated carbocycles. The van der Waals surface area contributed by atoms with Gasteiger partial charge < -0.3 is 10.6 Å². The van der Waals surface area contributed by atoms with Crippen LogP contribution in [-0.4, -0.2) is 26.2 Å². The van der Waals surface area contributed by atoms with Gasteiger partial charge in [-0.25, -0.2) is 0 Å². The lowest BCUT2D eigenvalue weighted by molar-refractivity contribution is -0.137. The zero-order valence-electron chi connectivity index (χ0n) is 11.2. The van der Waals surface area contributed by atoms with Crippen LogP contribution in [0.5, 0.6) is 0 Å². The second-order valence-electron chi connectivity index (χ2n) is 5.80. The van der Waals surface area contributed by atoms with Crippen molar-refractivity contribution in [2.45, 2.75) is 12.6 Å². The number of benzene rings is 1. The van der Waals surface area contributed by atoms with E-state index in [2.05, 4.69) is 10.6 Å². The monoisotopic (exact) mass is 284 g/mol. The Morgan fingerprint density at radius 2 is 1.95 bits per heavy atom. The van der Waals surface area contributed by atoms with Crippen molar-refractivity contribution in [1.82, 2.24) is 10.6 Å². The van der Waals surface area contributed by atoms with E-state index in [1.807, 2.05) is 0 Å². The Kier molecular flexibility index (Phi) is 3.73. The highest BCUT2D eigenvalue weighted by molar-refractivity contribution is 5.25. The van der Waals surface area contributed by atoms with Gasteiger partial charge in [0.25, 0.3) is 0 Å². The van der Waals surface area contributed by atoms with Crippen LogP contribution in [0.25, 0.3) is 0 Å². The predicted octanol–water partition coefficient (Wildman–Crippen LogP) is 2.30. The van der Waals surface area contributed by atoms with E-state index in [0.717, 1.165) is 55.6 Å². The van der Waals surface area contributed by atoms with Crippen molar-refractivity contribution in [2.75, 3.05) is 26.2 Å². The highest BCUT2D eigenvalue weighted by atomic mass is 19.4. The van der Waals surface area contributed by atoms with Crippen molar-refractivity contribution in [3.05, 3.63) is 35.4 Å². The van der Waals surface area contributed by atoms with Crippen LogP contribution in [0.4, 0.5) is 13.2 Å². The third kappa shape index (κ3) is 2.99. The highest BCUT2D eigenvalue weighted by Crippen LogP contribution is 2.47. The largest absolute Gasteiger partial charge is 0.416 e. The van der Waals surface area contributed by atoms with Crippen LogP contribution in [0.2, 0.25) is 0 Å². The number of nitrogens with one attached hydrogen (secondary N) is 2. The number of fused-ring (bicyclic) bond motifs is 1. The van der Waals surface area contributed by atoms with Gasteiger partial charge in [-0.15, -0.1) is 0 Å². The fourth-order valence-corrected chi connectivity index (χ4v) is 3.25. The smallest absolute Gasteiger partial charge is 0.316 e. The molecule has 1 aliphatic carbocycles. The van der Waals surface area contributed by atoms with E-state index in [0.29, 0.717) is 6.42 Å². The molecule has 1 heterocycles. The van der Waals surface area contributed by atoms with Gasteiger partial charge in [0.05, 0.1) is 5.56 Å². The molecule has 1 aliphatic heterocycles. The number of piperidine rings is 1. The summed E-state index contributed by atoms with van der Waals surface area (Å²) in [7, 11) is 0. The minimum absolute atomic E-state index is 0.558. The van der Waals surface area contributed by atoms with E-state index in [-0.39, 0.29) is 0 Å². The maximum atomic E-state index is 12.6. The Labute approximate surface area is 116 Å². The summed E-state index contributed by atoms with van der Waals surface area (Å²) in [6, 6.07) is 5.61. The van der Waals surface area contributed by atoms with Gasteiger partial charge in [-0.1, -0.05) is 18.2 Å². The molecule has 110 valence electrons. The summed E-state index contributed by atoms with van der Waals surface area (Å²) in [6.45, 7) is 4.00. The minimum atomic E-state index is -4.25. The molecule has 1 aromatic rings. The van der Waals surface area contributed by atoms with Gasteiger partial charge in [-0.05, 0) is 62.0 Å². The Balaban J connectivity index is 1.42. The van der Waals surface area contributed by atoms with Gasteiger partial charge in [0, 0.05) is 0 Å². The minimum Gasteiger partial charge on any atom is -0.316 e. The first-order chi connectivity index (χ1) is 9.55. The van der Waals surface area contributed by atoms with Crippen LogP contribution in [-0.2, 0) is 12.6 Å². The molecule has 2 atom stereocenters. The van der Waals surface area contributed by atoms with Crippen molar-refractivity contribution >= 4 is 0 Å². The molecule has 5 heteroatoms. The Morgan fingerprint density at radius 3 is 2.65 bits per heavy atom. The summed E-state index contributed by atoms with van der Waals surface area (Å²) < 4.78 is 37.7. The molecule has 3 rings (SSSR count). The summed E-state index contributed by atoms with van der Waals surface area (Å²) in [5, 5.41) is 6.73. The van der Waals surface area contributed by atoms with Crippen molar-refractivity contribution in [1.29, 1.82) is 0 Å². The SMILES string of the molecule is FC(F)(F)c1cccc(CCNCC2C3CNCC23)c1. The molecule has 20 heavy (non-hydrogen) atoms. The van der Waals surface area contributed by atoms with E-state index in [1.54, 1.807) is 6.07 Å². The third-order valence-electron chi connectivity index (χ3n) is 4.49. The maximum absolute atomic E-state index is 12.6. The first-order valence-corrected chi connectivity index (χ1v) is 7.13. The molecular weight excluding hydrogens is 265 g/mol. The number of halogens is 3. The molecule has 2 nitrogen and oxygen atoms in total. The van der Waals surface area contributed by atoms with Crippen molar-refractivity contribution in [3.63, 3.8) is 0 Å². The lowest BCUT2D eigenvalue weighted by atomic mass is 10.1. The van der Waals surface area contributed by atoms with Crippen LogP contribution >= 0.6 is 0 Å². The molecule has 0 spiro atoms. The molecule has 0 bridgehead atoms. The number of hydrogen-bond donors (Lipinski definition) is 2. The second-order valence-corrected chi connectivity index (χ2v) is 5.80. The Morgan fingerprint density at radius 1 is 1.20 bits per heavy atom. The van der Waals surface area contributed by atoms with Crippen molar-refractivity contribution in [2.24, 2.45) is 17.8 Å². The third-order valence-corrected chi connectivity index (χ3v) is 4.49.